The molecule has 0 N–H and O–H groups in total. The van der Waals surface area contributed by atoms with Gasteiger partial charge in [-0.05, 0) is 65.0 Å². The van der Waals surface area contributed by atoms with Crippen LogP contribution in [0.3, 0.4) is 0 Å². The van der Waals surface area contributed by atoms with Gasteiger partial charge in [0.15, 0.2) is 0 Å². The third-order valence-electron chi connectivity index (χ3n) is 4.75. The highest BCUT2D eigenvalue weighted by atomic mass is 32.1. The second kappa shape index (κ2) is 7.36. The number of rotatable bonds is 4. The van der Waals surface area contributed by atoms with Crippen molar-refractivity contribution in [1.29, 1.82) is 0 Å². The number of ether oxygens (including phenoxy) is 2. The number of thiophene rings is 1. The number of carbonyl (C=O) groups excluding carboxylic acids is 2. The van der Waals surface area contributed by atoms with Gasteiger partial charge in [0.2, 0.25) is 0 Å². The van der Waals surface area contributed by atoms with Crippen molar-refractivity contribution in [3.8, 4) is 0 Å². The van der Waals surface area contributed by atoms with Crippen LogP contribution in [0.25, 0.3) is 0 Å². The summed E-state index contributed by atoms with van der Waals surface area (Å²) in [5.41, 5.74) is 0.360. The third-order valence-corrected chi connectivity index (χ3v) is 5.96. The van der Waals surface area contributed by atoms with Gasteiger partial charge in [-0.3, -0.25) is 0 Å². The summed E-state index contributed by atoms with van der Waals surface area (Å²) >= 11 is 1.52. The lowest BCUT2D eigenvalue weighted by atomic mass is 9.78. The quantitative estimate of drug-likeness (QED) is 0.739. The van der Waals surface area contributed by atoms with Crippen LogP contribution in [0.5, 0.6) is 0 Å². The Morgan fingerprint density at radius 3 is 2.56 bits per heavy atom. The summed E-state index contributed by atoms with van der Waals surface area (Å²) in [6.07, 6.45) is 3.02. The molecule has 0 fully saturated rings. The van der Waals surface area contributed by atoms with Crippen molar-refractivity contribution in [3.63, 3.8) is 0 Å². The van der Waals surface area contributed by atoms with Crippen molar-refractivity contribution in [1.82, 2.24) is 4.90 Å². The van der Waals surface area contributed by atoms with Crippen LogP contribution in [0, 0.1) is 0 Å². The van der Waals surface area contributed by atoms with Crippen LogP contribution in [0.4, 0.5) is 4.79 Å². The molecule has 0 saturated carbocycles. The summed E-state index contributed by atoms with van der Waals surface area (Å²) in [5, 5.41) is 0. The Labute approximate surface area is 154 Å². The number of carbonyl (C=O) groups is 2. The highest BCUT2D eigenvalue weighted by Gasteiger charge is 2.41. The van der Waals surface area contributed by atoms with Crippen molar-refractivity contribution in [3.05, 3.63) is 21.4 Å². The fourth-order valence-corrected chi connectivity index (χ4v) is 4.34. The highest BCUT2D eigenvalue weighted by molar-refractivity contribution is 7.14. The molecule has 1 amide bonds. The van der Waals surface area contributed by atoms with E-state index in [9.17, 15) is 9.59 Å². The van der Waals surface area contributed by atoms with E-state index in [0.717, 1.165) is 31.2 Å². The van der Waals surface area contributed by atoms with Gasteiger partial charge in [0, 0.05) is 11.9 Å². The zero-order valence-electron chi connectivity index (χ0n) is 16.1. The molecule has 1 heterocycles. The summed E-state index contributed by atoms with van der Waals surface area (Å²) in [6, 6.07) is 1.94. The first-order valence-electron chi connectivity index (χ1n) is 8.87. The van der Waals surface area contributed by atoms with Crippen LogP contribution in [-0.4, -0.2) is 41.8 Å². The predicted molar refractivity (Wildman–Crippen MR) is 99.3 cm³/mol. The number of likely N-dealkylation sites (N-methyl/N-ethyl adjacent to an activating group) is 1. The Morgan fingerprint density at radius 2 is 2.00 bits per heavy atom. The van der Waals surface area contributed by atoms with Crippen LogP contribution in [0.15, 0.2) is 6.07 Å². The first-order valence-corrected chi connectivity index (χ1v) is 9.69. The molecule has 5 nitrogen and oxygen atoms in total. The van der Waals surface area contributed by atoms with Crippen molar-refractivity contribution in [2.75, 3.05) is 13.7 Å². The number of amides is 1. The van der Waals surface area contributed by atoms with Crippen LogP contribution in [0.2, 0.25) is 0 Å². The minimum Gasteiger partial charge on any atom is -0.462 e. The fraction of sp³-hybridized carbons (Fsp3) is 0.684. The standard InChI is InChI=1S/C19H29NO4S/c1-7-19(20(6)17(22)24-18(3,4)5)10-9-14-13(12-19)11-15(25-14)16(21)23-8-2/h11H,7-10,12H2,1-6H3. The third kappa shape index (κ3) is 4.35. The van der Waals surface area contributed by atoms with Crippen LogP contribution in [0.1, 0.15) is 67.6 Å². The van der Waals surface area contributed by atoms with Crippen LogP contribution < -0.4 is 0 Å². The molecule has 0 aliphatic heterocycles. The number of hydrogen-bond donors (Lipinski definition) is 0. The first kappa shape index (κ1) is 19.8. The lowest BCUT2D eigenvalue weighted by Crippen LogP contribution is -2.53. The molecule has 1 aliphatic carbocycles. The molecule has 25 heavy (non-hydrogen) atoms. The number of hydrogen-bond acceptors (Lipinski definition) is 5. The van der Waals surface area contributed by atoms with E-state index in [2.05, 4.69) is 6.92 Å². The molecule has 0 bridgehead atoms. The first-order chi connectivity index (χ1) is 11.6. The van der Waals surface area contributed by atoms with Gasteiger partial charge in [-0.1, -0.05) is 6.92 Å². The van der Waals surface area contributed by atoms with Crippen molar-refractivity contribution in [2.45, 2.75) is 71.4 Å². The molecule has 6 heteroatoms. The molecule has 0 aromatic carbocycles. The molecule has 140 valence electrons. The molecular weight excluding hydrogens is 338 g/mol. The molecule has 0 spiro atoms. The topological polar surface area (TPSA) is 55.8 Å². The summed E-state index contributed by atoms with van der Waals surface area (Å²) in [6.45, 7) is 9.91. The van der Waals surface area contributed by atoms with Gasteiger partial charge in [0.1, 0.15) is 10.5 Å². The maximum absolute atomic E-state index is 12.6. The Balaban J connectivity index is 2.22. The summed E-state index contributed by atoms with van der Waals surface area (Å²) in [7, 11) is 1.82. The van der Waals surface area contributed by atoms with Gasteiger partial charge in [0.05, 0.1) is 12.1 Å². The smallest absolute Gasteiger partial charge is 0.410 e. The van der Waals surface area contributed by atoms with E-state index in [4.69, 9.17) is 9.47 Å². The Hall–Kier alpha value is -1.56. The van der Waals surface area contributed by atoms with Gasteiger partial charge >= 0.3 is 12.1 Å². The lowest BCUT2D eigenvalue weighted by Gasteiger charge is -2.44. The zero-order chi connectivity index (χ0) is 18.8. The minimum absolute atomic E-state index is 0.260. The predicted octanol–water partition coefficient (Wildman–Crippen LogP) is 4.43. The highest BCUT2D eigenvalue weighted by Crippen LogP contribution is 2.39. The van der Waals surface area contributed by atoms with Gasteiger partial charge in [-0.15, -0.1) is 11.3 Å². The van der Waals surface area contributed by atoms with Crippen LogP contribution in [-0.2, 0) is 22.3 Å². The summed E-state index contributed by atoms with van der Waals surface area (Å²) in [4.78, 5) is 28.2. The second-order valence-corrected chi connectivity index (χ2v) is 8.71. The number of esters is 1. The molecule has 1 atom stereocenters. The van der Waals surface area contributed by atoms with E-state index in [1.165, 1.54) is 16.2 Å². The van der Waals surface area contributed by atoms with Crippen molar-refractivity contribution < 1.29 is 19.1 Å². The van der Waals surface area contributed by atoms with Gasteiger partial charge < -0.3 is 14.4 Å². The molecule has 1 aromatic heterocycles. The Morgan fingerprint density at radius 1 is 1.32 bits per heavy atom. The summed E-state index contributed by atoms with van der Waals surface area (Å²) in [5.74, 6) is -0.260. The molecule has 1 unspecified atom stereocenters. The van der Waals surface area contributed by atoms with Crippen molar-refractivity contribution in [2.24, 2.45) is 0 Å². The normalized spacial score (nSPS) is 19.9. The maximum atomic E-state index is 12.6. The SMILES string of the molecule is CCOC(=O)c1cc2c(s1)CCC(CC)(N(C)C(=O)OC(C)(C)C)C2. The average molecular weight is 368 g/mol. The van der Waals surface area contributed by atoms with Crippen molar-refractivity contribution >= 4 is 23.4 Å². The zero-order valence-corrected chi connectivity index (χ0v) is 16.9. The molecule has 2 rings (SSSR count). The fourth-order valence-electron chi connectivity index (χ4n) is 3.27. The van der Waals surface area contributed by atoms with Gasteiger partial charge in [0.25, 0.3) is 0 Å². The van der Waals surface area contributed by atoms with Gasteiger partial charge in [-0.2, -0.15) is 0 Å². The number of aryl methyl sites for hydroxylation is 1. The van der Waals surface area contributed by atoms with E-state index in [1.54, 1.807) is 4.90 Å². The van der Waals surface area contributed by atoms with E-state index >= 15 is 0 Å². The largest absolute Gasteiger partial charge is 0.462 e. The molecule has 0 radical (unpaired) electrons. The van der Waals surface area contributed by atoms with E-state index in [1.807, 2.05) is 40.8 Å². The average Bonchev–Trinajstić information content (AvgIpc) is 2.95. The Bertz CT molecular complexity index is 646. The van der Waals surface area contributed by atoms with E-state index in [0.29, 0.717) is 11.5 Å². The molecular formula is C19H29NO4S. The van der Waals surface area contributed by atoms with E-state index in [-0.39, 0.29) is 17.6 Å². The number of fused-ring (bicyclic) bond motifs is 1. The molecule has 1 aromatic rings. The summed E-state index contributed by atoms with van der Waals surface area (Å²) < 4.78 is 10.7. The monoisotopic (exact) mass is 367 g/mol. The number of nitrogens with zero attached hydrogens (tertiary/aromatic N) is 1. The maximum Gasteiger partial charge on any atom is 0.410 e. The van der Waals surface area contributed by atoms with E-state index < -0.39 is 5.60 Å². The lowest BCUT2D eigenvalue weighted by molar-refractivity contribution is 0.000672. The molecule has 0 saturated heterocycles. The second-order valence-electron chi connectivity index (χ2n) is 7.57. The minimum atomic E-state index is -0.514. The Kier molecular flexibility index (Phi) is 5.82. The van der Waals surface area contributed by atoms with Gasteiger partial charge in [-0.25, -0.2) is 9.59 Å². The van der Waals surface area contributed by atoms with Crippen LogP contribution >= 0.6 is 11.3 Å². The molecule has 1 aliphatic rings.